The predicted molar refractivity (Wildman–Crippen MR) is 113 cm³/mol. The van der Waals surface area contributed by atoms with Crippen LogP contribution in [0.4, 0.5) is 5.69 Å². The summed E-state index contributed by atoms with van der Waals surface area (Å²) >= 11 is 1.84. The monoisotopic (exact) mass is 419 g/mol. The van der Waals surface area contributed by atoms with Gasteiger partial charge < -0.3 is 4.74 Å². The molecule has 1 amide bonds. The SMILES string of the molecule is CS(=O)(=O)N(CC(=O)N/N=C\c1cccc(OC2CSC2)c1)c1ccccc1. The molecule has 0 radical (unpaired) electrons. The van der Waals surface area contributed by atoms with Crippen molar-refractivity contribution in [1.29, 1.82) is 0 Å². The van der Waals surface area contributed by atoms with E-state index in [0.717, 1.165) is 33.4 Å². The maximum Gasteiger partial charge on any atom is 0.260 e. The number of thioether (sulfide) groups is 1. The van der Waals surface area contributed by atoms with Crippen molar-refractivity contribution < 1.29 is 17.9 Å². The van der Waals surface area contributed by atoms with Crippen molar-refractivity contribution in [3.8, 4) is 5.75 Å². The number of sulfonamides is 1. The Morgan fingerprint density at radius 2 is 2.00 bits per heavy atom. The van der Waals surface area contributed by atoms with Crippen LogP contribution in [0.5, 0.6) is 5.75 Å². The zero-order chi connectivity index (χ0) is 20.0. The fraction of sp³-hybridized carbons (Fsp3) is 0.263. The highest BCUT2D eigenvalue weighted by molar-refractivity contribution is 8.00. The van der Waals surface area contributed by atoms with Crippen LogP contribution in [0.1, 0.15) is 5.56 Å². The molecule has 148 valence electrons. The Hall–Kier alpha value is -2.52. The average molecular weight is 420 g/mol. The van der Waals surface area contributed by atoms with Gasteiger partial charge in [-0.25, -0.2) is 13.8 Å². The van der Waals surface area contributed by atoms with E-state index < -0.39 is 15.9 Å². The molecule has 0 unspecified atom stereocenters. The van der Waals surface area contributed by atoms with E-state index in [9.17, 15) is 13.2 Å². The van der Waals surface area contributed by atoms with Crippen LogP contribution >= 0.6 is 11.8 Å². The number of hydrogen-bond acceptors (Lipinski definition) is 6. The van der Waals surface area contributed by atoms with Gasteiger partial charge in [-0.1, -0.05) is 30.3 Å². The zero-order valence-corrected chi connectivity index (χ0v) is 16.9. The second-order valence-electron chi connectivity index (χ2n) is 6.25. The van der Waals surface area contributed by atoms with Gasteiger partial charge in [-0.15, -0.1) is 0 Å². The summed E-state index contributed by atoms with van der Waals surface area (Å²) < 4.78 is 30.9. The molecule has 0 atom stereocenters. The van der Waals surface area contributed by atoms with Crippen LogP contribution < -0.4 is 14.5 Å². The summed E-state index contributed by atoms with van der Waals surface area (Å²) in [4.78, 5) is 12.2. The van der Waals surface area contributed by atoms with Crippen LogP contribution in [0.2, 0.25) is 0 Å². The minimum atomic E-state index is -3.60. The van der Waals surface area contributed by atoms with Crippen molar-refractivity contribution in [1.82, 2.24) is 5.43 Å². The summed E-state index contributed by atoms with van der Waals surface area (Å²) in [5.74, 6) is 2.21. The Labute approximate surface area is 168 Å². The molecule has 0 spiro atoms. The molecule has 0 aromatic heterocycles. The number of rotatable bonds is 8. The summed E-state index contributed by atoms with van der Waals surface area (Å²) in [5, 5.41) is 3.92. The van der Waals surface area contributed by atoms with Gasteiger partial charge in [0, 0.05) is 11.5 Å². The fourth-order valence-electron chi connectivity index (χ4n) is 2.48. The largest absolute Gasteiger partial charge is 0.489 e. The van der Waals surface area contributed by atoms with Gasteiger partial charge in [0.15, 0.2) is 0 Å². The fourth-order valence-corrected chi connectivity index (χ4v) is 3.90. The standard InChI is InChI=1S/C19H21N3O4S2/c1-28(24,25)22(16-7-3-2-4-8-16)12-19(23)21-20-11-15-6-5-9-17(10-15)26-18-13-27-14-18/h2-11,18H,12-14H2,1H3,(H,21,23)/b20-11-. The number of hydrogen-bond donors (Lipinski definition) is 1. The molecule has 0 aliphatic carbocycles. The maximum absolute atomic E-state index is 12.2. The Kier molecular flexibility index (Phi) is 6.58. The number of carbonyl (C=O) groups excluding carboxylic acids is 1. The normalized spacial score (nSPS) is 14.5. The lowest BCUT2D eigenvalue weighted by Crippen LogP contribution is -2.38. The van der Waals surface area contributed by atoms with Gasteiger partial charge in [-0.2, -0.15) is 16.9 Å². The molecule has 3 rings (SSSR count). The number of benzene rings is 2. The third kappa shape index (κ3) is 5.74. The zero-order valence-electron chi connectivity index (χ0n) is 15.3. The number of nitrogens with zero attached hydrogens (tertiary/aromatic N) is 2. The first kappa shape index (κ1) is 20.2. The van der Waals surface area contributed by atoms with Crippen molar-refractivity contribution in [2.24, 2.45) is 5.10 Å². The second-order valence-corrected chi connectivity index (χ2v) is 9.23. The van der Waals surface area contributed by atoms with E-state index in [1.165, 1.54) is 6.21 Å². The molecule has 2 aromatic rings. The highest BCUT2D eigenvalue weighted by Crippen LogP contribution is 2.24. The van der Waals surface area contributed by atoms with Gasteiger partial charge in [0.25, 0.3) is 5.91 Å². The van der Waals surface area contributed by atoms with Crippen LogP contribution in [0.15, 0.2) is 59.7 Å². The van der Waals surface area contributed by atoms with Crippen LogP contribution in [0, 0.1) is 0 Å². The van der Waals surface area contributed by atoms with Crippen molar-refractivity contribution in [2.45, 2.75) is 6.10 Å². The molecule has 1 fully saturated rings. The molecular formula is C19H21N3O4S2. The number of nitrogens with one attached hydrogen (secondary N) is 1. The minimum absolute atomic E-state index is 0.247. The van der Waals surface area contributed by atoms with Crippen molar-refractivity contribution >= 4 is 39.6 Å². The highest BCUT2D eigenvalue weighted by atomic mass is 32.2. The van der Waals surface area contributed by atoms with E-state index in [-0.39, 0.29) is 12.6 Å². The first-order chi connectivity index (χ1) is 13.4. The lowest BCUT2D eigenvalue weighted by atomic mass is 10.2. The Balaban J connectivity index is 1.59. The van der Waals surface area contributed by atoms with Crippen LogP contribution in [-0.2, 0) is 14.8 Å². The molecule has 0 bridgehead atoms. The molecule has 7 nitrogen and oxygen atoms in total. The summed E-state index contributed by atoms with van der Waals surface area (Å²) in [6, 6.07) is 15.9. The highest BCUT2D eigenvalue weighted by Gasteiger charge is 2.21. The van der Waals surface area contributed by atoms with Gasteiger partial charge in [0.05, 0.1) is 18.2 Å². The van der Waals surface area contributed by atoms with Crippen LogP contribution in [0.25, 0.3) is 0 Å². The van der Waals surface area contributed by atoms with Crippen LogP contribution in [0.3, 0.4) is 0 Å². The first-order valence-electron chi connectivity index (χ1n) is 8.61. The average Bonchev–Trinajstić information content (AvgIpc) is 2.63. The van der Waals surface area contributed by atoms with Crippen molar-refractivity contribution in [3.63, 3.8) is 0 Å². The molecule has 9 heteroatoms. The Bertz CT molecular complexity index is 945. The lowest BCUT2D eigenvalue weighted by Gasteiger charge is -2.25. The van der Waals surface area contributed by atoms with Gasteiger partial charge in [-0.05, 0) is 29.8 Å². The van der Waals surface area contributed by atoms with E-state index in [2.05, 4.69) is 10.5 Å². The third-order valence-corrected chi connectivity index (χ3v) is 6.26. The number of anilines is 1. The molecule has 28 heavy (non-hydrogen) atoms. The number of hydrazone groups is 1. The summed E-state index contributed by atoms with van der Waals surface area (Å²) in [6.07, 6.45) is 2.80. The number of ether oxygens (including phenoxy) is 1. The predicted octanol–water partition coefficient (Wildman–Crippen LogP) is 2.10. The molecule has 2 aromatic carbocycles. The van der Waals surface area contributed by atoms with Crippen molar-refractivity contribution in [3.05, 3.63) is 60.2 Å². The smallest absolute Gasteiger partial charge is 0.260 e. The molecule has 1 N–H and O–H groups in total. The van der Waals surface area contributed by atoms with E-state index in [1.54, 1.807) is 30.3 Å². The lowest BCUT2D eigenvalue weighted by molar-refractivity contribution is -0.119. The van der Waals surface area contributed by atoms with Gasteiger partial charge >= 0.3 is 0 Å². The molecule has 1 aliphatic heterocycles. The minimum Gasteiger partial charge on any atom is -0.489 e. The quantitative estimate of drug-likeness (QED) is 0.523. The van der Waals surface area contributed by atoms with E-state index in [1.807, 2.05) is 36.0 Å². The molecule has 0 saturated carbocycles. The Morgan fingerprint density at radius 1 is 1.25 bits per heavy atom. The van der Waals surface area contributed by atoms with Crippen molar-refractivity contribution in [2.75, 3.05) is 28.6 Å². The number of carbonyl (C=O) groups is 1. The van der Waals surface area contributed by atoms with Crippen LogP contribution in [-0.4, -0.2) is 50.9 Å². The van der Waals surface area contributed by atoms with Gasteiger partial charge in [0.2, 0.25) is 10.0 Å². The number of para-hydroxylation sites is 1. The molecule has 1 saturated heterocycles. The van der Waals surface area contributed by atoms with Gasteiger partial charge in [0.1, 0.15) is 18.4 Å². The molecule has 1 heterocycles. The summed E-state index contributed by atoms with van der Waals surface area (Å²) in [5.41, 5.74) is 3.56. The topological polar surface area (TPSA) is 88.1 Å². The van der Waals surface area contributed by atoms with E-state index in [0.29, 0.717) is 5.69 Å². The summed E-state index contributed by atoms with van der Waals surface area (Å²) in [7, 11) is -3.60. The number of amides is 1. The first-order valence-corrected chi connectivity index (χ1v) is 11.6. The summed E-state index contributed by atoms with van der Waals surface area (Å²) in [6.45, 7) is -0.358. The maximum atomic E-state index is 12.2. The van der Waals surface area contributed by atoms with E-state index >= 15 is 0 Å². The van der Waals surface area contributed by atoms with E-state index in [4.69, 9.17) is 4.74 Å². The third-order valence-electron chi connectivity index (χ3n) is 3.90. The molecule has 1 aliphatic rings. The second kappa shape index (κ2) is 9.11. The van der Waals surface area contributed by atoms with Gasteiger partial charge in [-0.3, -0.25) is 9.10 Å². The Morgan fingerprint density at radius 3 is 2.64 bits per heavy atom. The molecular weight excluding hydrogens is 398 g/mol.